The third-order valence-electron chi connectivity index (χ3n) is 4.41. The molecule has 28 heavy (non-hydrogen) atoms. The van der Waals surface area contributed by atoms with Crippen LogP contribution in [-0.2, 0) is 14.8 Å². The van der Waals surface area contributed by atoms with Gasteiger partial charge in [-0.25, -0.2) is 13.1 Å². The third kappa shape index (κ3) is 5.94. The number of nitrogens with one attached hydrogen (secondary N) is 2. The van der Waals surface area contributed by atoms with Crippen molar-refractivity contribution in [1.82, 2.24) is 10.0 Å². The van der Waals surface area contributed by atoms with Gasteiger partial charge in [0, 0.05) is 31.4 Å². The first kappa shape index (κ1) is 21.7. The van der Waals surface area contributed by atoms with Crippen LogP contribution in [0.15, 0.2) is 59.5 Å². The number of hydrogen-bond donors (Lipinski definition) is 2. The molecule has 0 saturated heterocycles. The van der Waals surface area contributed by atoms with Crippen molar-refractivity contribution in [1.29, 1.82) is 0 Å². The van der Waals surface area contributed by atoms with Crippen LogP contribution in [0.25, 0.3) is 6.08 Å². The highest BCUT2D eigenvalue weighted by Crippen LogP contribution is 2.18. The first-order valence-electron chi connectivity index (χ1n) is 9.17. The van der Waals surface area contributed by atoms with Gasteiger partial charge in [-0.05, 0) is 56.3 Å². The van der Waals surface area contributed by atoms with Gasteiger partial charge in [0.1, 0.15) is 0 Å². The maximum absolute atomic E-state index is 12.0. The van der Waals surface area contributed by atoms with Crippen molar-refractivity contribution in [2.75, 3.05) is 31.6 Å². The summed E-state index contributed by atoms with van der Waals surface area (Å²) >= 11 is 0. The Morgan fingerprint density at radius 3 is 2.39 bits per heavy atom. The van der Waals surface area contributed by atoms with E-state index in [2.05, 4.69) is 40.9 Å². The number of nitrogens with zero attached hydrogens (tertiary/aromatic N) is 1. The van der Waals surface area contributed by atoms with Gasteiger partial charge in [0.15, 0.2) is 0 Å². The molecule has 2 N–H and O–H groups in total. The minimum Gasteiger partial charge on any atom is -0.370 e. The number of anilines is 1. The lowest BCUT2D eigenvalue weighted by atomic mass is 10.2. The van der Waals surface area contributed by atoms with E-state index in [1.165, 1.54) is 36.5 Å². The summed E-state index contributed by atoms with van der Waals surface area (Å²) in [6.45, 7) is 6.28. The summed E-state index contributed by atoms with van der Waals surface area (Å²) < 4.78 is 25.7. The Hall–Kier alpha value is -2.64. The van der Waals surface area contributed by atoms with Gasteiger partial charge >= 0.3 is 0 Å². The molecule has 150 valence electrons. The van der Waals surface area contributed by atoms with Gasteiger partial charge in [0.25, 0.3) is 0 Å². The van der Waals surface area contributed by atoms with Gasteiger partial charge < -0.3 is 10.2 Å². The van der Waals surface area contributed by atoms with Gasteiger partial charge in [-0.2, -0.15) is 0 Å². The van der Waals surface area contributed by atoms with Gasteiger partial charge in [0.2, 0.25) is 15.9 Å². The molecule has 2 aromatic rings. The number of carbonyl (C=O) groups is 1. The van der Waals surface area contributed by atoms with Gasteiger partial charge in [0.05, 0.1) is 4.90 Å². The van der Waals surface area contributed by atoms with Crippen LogP contribution >= 0.6 is 0 Å². The van der Waals surface area contributed by atoms with Crippen LogP contribution in [0.3, 0.4) is 0 Å². The lowest BCUT2D eigenvalue weighted by molar-refractivity contribution is -0.116. The van der Waals surface area contributed by atoms with Crippen LogP contribution in [0.1, 0.15) is 18.1 Å². The summed E-state index contributed by atoms with van der Waals surface area (Å²) in [6, 6.07) is 14.5. The largest absolute Gasteiger partial charge is 0.370 e. The van der Waals surface area contributed by atoms with Crippen LogP contribution in [0.2, 0.25) is 0 Å². The van der Waals surface area contributed by atoms with Crippen LogP contribution in [-0.4, -0.2) is 41.0 Å². The van der Waals surface area contributed by atoms with Crippen molar-refractivity contribution < 1.29 is 13.2 Å². The van der Waals surface area contributed by atoms with Crippen molar-refractivity contribution in [3.05, 3.63) is 65.7 Å². The van der Waals surface area contributed by atoms with Crippen LogP contribution in [0.4, 0.5) is 5.69 Å². The van der Waals surface area contributed by atoms with Crippen molar-refractivity contribution in [3.8, 4) is 0 Å². The molecule has 0 heterocycles. The molecule has 0 spiro atoms. The van der Waals surface area contributed by atoms with Gasteiger partial charge in [-0.1, -0.05) is 30.3 Å². The Morgan fingerprint density at radius 1 is 1.11 bits per heavy atom. The number of hydrogen-bond acceptors (Lipinski definition) is 4. The first-order chi connectivity index (χ1) is 13.4. The molecule has 0 saturated carbocycles. The summed E-state index contributed by atoms with van der Waals surface area (Å²) in [6.07, 6.45) is 3.11. The highest BCUT2D eigenvalue weighted by atomic mass is 32.2. The Bertz CT molecular complexity index is 922. The number of sulfonamides is 1. The average molecular weight is 402 g/mol. The maximum Gasteiger partial charge on any atom is 0.244 e. The molecular formula is C21H27N3O3S. The molecule has 0 aromatic heterocycles. The summed E-state index contributed by atoms with van der Waals surface area (Å²) in [5, 5.41) is 2.88. The van der Waals surface area contributed by atoms with E-state index in [1.54, 1.807) is 18.2 Å². The third-order valence-corrected chi connectivity index (χ3v) is 5.84. The van der Waals surface area contributed by atoms with Crippen molar-refractivity contribution in [3.63, 3.8) is 0 Å². The molecule has 0 bridgehead atoms. The van der Waals surface area contributed by atoms with E-state index >= 15 is 0 Å². The standard InChI is InChI=1S/C21H27N3O3S/c1-4-24(20-8-6-5-7-17(20)2)16-15-23-21(25)14-11-18-9-12-19(13-10-18)28(26,27)22-3/h5-14,22H,4,15-16H2,1-3H3,(H,23,25). The van der Waals surface area contributed by atoms with Crippen molar-refractivity contribution in [2.24, 2.45) is 0 Å². The first-order valence-corrected chi connectivity index (χ1v) is 10.7. The minimum absolute atomic E-state index is 0.187. The van der Waals surface area contributed by atoms with E-state index in [-0.39, 0.29) is 10.8 Å². The zero-order valence-corrected chi connectivity index (χ0v) is 17.3. The van der Waals surface area contributed by atoms with E-state index in [4.69, 9.17) is 0 Å². The number of rotatable bonds is 9. The van der Waals surface area contributed by atoms with E-state index < -0.39 is 10.0 Å². The zero-order chi connectivity index (χ0) is 20.6. The summed E-state index contributed by atoms with van der Waals surface area (Å²) in [7, 11) is -2.09. The molecule has 0 fully saturated rings. The molecule has 0 aliphatic carbocycles. The zero-order valence-electron chi connectivity index (χ0n) is 16.5. The minimum atomic E-state index is -3.45. The molecule has 6 nitrogen and oxygen atoms in total. The second-order valence-electron chi connectivity index (χ2n) is 6.27. The smallest absolute Gasteiger partial charge is 0.244 e. The molecule has 0 aliphatic heterocycles. The molecule has 0 radical (unpaired) electrons. The number of aryl methyl sites for hydroxylation is 1. The Labute approximate surface area is 167 Å². The second kappa shape index (κ2) is 10.1. The molecule has 7 heteroatoms. The highest BCUT2D eigenvalue weighted by Gasteiger charge is 2.10. The Balaban J connectivity index is 1.87. The number of likely N-dealkylation sites (N-methyl/N-ethyl adjacent to an activating group) is 1. The molecule has 0 aliphatic rings. The maximum atomic E-state index is 12.0. The van der Waals surface area contributed by atoms with E-state index in [9.17, 15) is 13.2 Å². The van der Waals surface area contributed by atoms with Crippen molar-refractivity contribution in [2.45, 2.75) is 18.7 Å². The van der Waals surface area contributed by atoms with Crippen molar-refractivity contribution >= 4 is 27.7 Å². The lowest BCUT2D eigenvalue weighted by Crippen LogP contribution is -2.34. The summed E-state index contributed by atoms with van der Waals surface area (Å²) in [4.78, 5) is 14.4. The summed E-state index contributed by atoms with van der Waals surface area (Å²) in [5.41, 5.74) is 3.13. The Morgan fingerprint density at radius 2 is 1.79 bits per heavy atom. The van der Waals surface area contributed by atoms with E-state index in [1.807, 2.05) is 12.1 Å². The second-order valence-corrected chi connectivity index (χ2v) is 8.15. The average Bonchev–Trinajstić information content (AvgIpc) is 2.71. The Kier molecular flexibility index (Phi) is 7.78. The quantitative estimate of drug-likeness (QED) is 0.633. The molecule has 0 unspecified atom stereocenters. The van der Waals surface area contributed by atoms with E-state index in [0.717, 1.165) is 18.7 Å². The molecule has 2 aromatic carbocycles. The number of para-hydroxylation sites is 1. The molecule has 1 amide bonds. The fraction of sp³-hybridized carbons (Fsp3) is 0.286. The van der Waals surface area contributed by atoms with Crippen LogP contribution in [0.5, 0.6) is 0 Å². The lowest BCUT2D eigenvalue weighted by Gasteiger charge is -2.24. The monoisotopic (exact) mass is 401 g/mol. The topological polar surface area (TPSA) is 78.5 Å². The highest BCUT2D eigenvalue weighted by molar-refractivity contribution is 7.89. The van der Waals surface area contributed by atoms with E-state index in [0.29, 0.717) is 6.54 Å². The van der Waals surface area contributed by atoms with Gasteiger partial charge in [-0.3, -0.25) is 4.79 Å². The SMILES string of the molecule is CCN(CCNC(=O)C=Cc1ccc(S(=O)(=O)NC)cc1)c1ccccc1C. The molecule has 2 rings (SSSR count). The number of amides is 1. The number of carbonyl (C=O) groups excluding carboxylic acids is 1. The van der Waals surface area contributed by atoms with Crippen LogP contribution in [0, 0.1) is 6.92 Å². The molecular weight excluding hydrogens is 374 g/mol. The normalized spacial score (nSPS) is 11.5. The fourth-order valence-electron chi connectivity index (χ4n) is 2.79. The fourth-order valence-corrected chi connectivity index (χ4v) is 3.52. The van der Waals surface area contributed by atoms with Crippen LogP contribution < -0.4 is 14.9 Å². The predicted octanol–water partition coefficient (Wildman–Crippen LogP) is 2.56. The summed E-state index contributed by atoms with van der Waals surface area (Å²) in [5.74, 6) is -0.187. The van der Waals surface area contributed by atoms with Gasteiger partial charge in [-0.15, -0.1) is 0 Å². The molecule has 0 atom stereocenters. The number of benzene rings is 2. The predicted molar refractivity (Wildman–Crippen MR) is 114 cm³/mol.